The van der Waals surface area contributed by atoms with Crippen molar-refractivity contribution in [3.8, 4) is 0 Å². The van der Waals surface area contributed by atoms with E-state index in [-0.39, 0.29) is 0 Å². The second kappa shape index (κ2) is 9.50. The Bertz CT molecular complexity index is 511. The summed E-state index contributed by atoms with van der Waals surface area (Å²) in [5, 5.41) is 0. The van der Waals surface area contributed by atoms with Crippen molar-refractivity contribution in [1.82, 2.24) is 9.97 Å². The van der Waals surface area contributed by atoms with Crippen LogP contribution in [0.15, 0.2) is 24.8 Å². The Labute approximate surface area is 125 Å². The summed E-state index contributed by atoms with van der Waals surface area (Å²) in [7, 11) is -4.14. The highest BCUT2D eigenvalue weighted by Crippen LogP contribution is 2.12. The largest absolute Gasteiger partial charge is 0.811 e. The number of aromatic nitrogens is 4. The van der Waals surface area contributed by atoms with E-state index >= 15 is 0 Å². The topological polar surface area (TPSA) is 103 Å². The van der Waals surface area contributed by atoms with Gasteiger partial charge in [-0.2, -0.15) is 0 Å². The van der Waals surface area contributed by atoms with Gasteiger partial charge in [-0.05, 0) is 20.5 Å². The monoisotopic (exact) mass is 316 g/mol. The van der Waals surface area contributed by atoms with Gasteiger partial charge in [0.1, 0.15) is 24.8 Å². The van der Waals surface area contributed by atoms with Crippen molar-refractivity contribution in [3.05, 3.63) is 36.4 Å². The number of aromatic amines is 2. The molecule has 2 aromatic rings. The Kier molecular flexibility index (Phi) is 8.85. The fraction of sp³-hybridized carbons (Fsp3) is 0.538. The lowest BCUT2D eigenvalue weighted by Gasteiger charge is -2.22. The van der Waals surface area contributed by atoms with Crippen molar-refractivity contribution < 1.29 is 23.5 Å². The maximum absolute atomic E-state index is 9.10. The van der Waals surface area contributed by atoms with E-state index in [4.69, 9.17) is 14.4 Å². The molecule has 0 aliphatic heterocycles. The third kappa shape index (κ3) is 10.0. The highest BCUT2D eigenvalue weighted by atomic mass is 31.2. The number of imidazole rings is 2. The molecule has 2 rings (SSSR count). The summed E-state index contributed by atoms with van der Waals surface area (Å²) in [6.07, 6.45) is 7.96. The molecule has 0 aliphatic carbocycles. The Hall–Kier alpha value is -1.43. The smallest absolute Gasteiger partial charge is 0.250 e. The minimum Gasteiger partial charge on any atom is -0.811 e. The number of hydrogen-bond acceptors (Lipinski definition) is 3. The molecule has 8 heteroatoms. The first-order valence-electron chi connectivity index (χ1n) is 6.75. The van der Waals surface area contributed by atoms with Crippen LogP contribution in [0.4, 0.5) is 0 Å². The van der Waals surface area contributed by atoms with Gasteiger partial charge < -0.3 is 14.4 Å². The van der Waals surface area contributed by atoms with Crippen LogP contribution in [0.1, 0.15) is 25.5 Å². The van der Waals surface area contributed by atoms with Crippen LogP contribution in [0.5, 0.6) is 0 Å². The number of nitrogens with zero attached hydrogens (tertiary/aromatic N) is 2. The number of nitrogens with one attached hydrogen (secondary N) is 2. The minimum absolute atomic E-state index is 0.632. The fourth-order valence-electron chi connectivity index (χ4n) is 1.57. The fourth-order valence-corrected chi connectivity index (χ4v) is 1.57. The lowest BCUT2D eigenvalue weighted by Crippen LogP contribution is -2.32. The molecular weight excluding hydrogens is 291 g/mol. The third-order valence-electron chi connectivity index (χ3n) is 2.64. The van der Waals surface area contributed by atoms with Crippen LogP contribution in [0.2, 0.25) is 0 Å². The Morgan fingerprint density at radius 1 is 1.00 bits per heavy atom. The summed E-state index contributed by atoms with van der Waals surface area (Å²) in [5.41, 5.74) is 0. The second-order valence-corrected chi connectivity index (χ2v) is 5.98. The second-order valence-electron chi connectivity index (χ2n) is 4.43. The molecule has 2 N–H and O–H groups in total. The van der Waals surface area contributed by atoms with Crippen LogP contribution in [0, 0.1) is 13.8 Å². The Morgan fingerprint density at radius 3 is 1.38 bits per heavy atom. The number of aryl methyl sites for hydroxylation is 4. The first-order chi connectivity index (χ1) is 9.69. The summed E-state index contributed by atoms with van der Waals surface area (Å²) < 4.78 is 13.4. The van der Waals surface area contributed by atoms with Gasteiger partial charge in [-0.25, -0.2) is 19.1 Å². The lowest BCUT2D eigenvalue weighted by atomic mass is 10.6. The molecule has 7 nitrogen and oxygen atoms in total. The molecule has 0 amide bonds. The summed E-state index contributed by atoms with van der Waals surface area (Å²) in [5.74, 6) is 2.43. The maximum Gasteiger partial charge on any atom is 0.250 e. The summed E-state index contributed by atoms with van der Waals surface area (Å²) >= 11 is 0. The van der Waals surface area contributed by atoms with Gasteiger partial charge in [-0.1, -0.05) is 7.60 Å². The SMILES string of the molecule is CC[n+]1cc[nH]c1C.CC[n+]1cc[nH]c1C.CP(=O)([O-])[O-]. The average molecular weight is 316 g/mol. The number of hydrogen-bond donors (Lipinski definition) is 2. The molecule has 0 saturated heterocycles. The number of rotatable bonds is 2. The zero-order valence-corrected chi connectivity index (χ0v) is 14.2. The minimum atomic E-state index is -4.14. The van der Waals surface area contributed by atoms with E-state index in [1.807, 2.05) is 24.8 Å². The highest BCUT2D eigenvalue weighted by molar-refractivity contribution is 7.47. The van der Waals surface area contributed by atoms with Gasteiger partial charge in [-0.3, -0.25) is 0 Å². The predicted molar refractivity (Wildman–Crippen MR) is 76.3 cm³/mol. The van der Waals surface area contributed by atoms with Crippen LogP contribution < -0.4 is 18.9 Å². The zero-order valence-electron chi connectivity index (χ0n) is 13.3. The molecular formula is C13H25N4O3P. The quantitative estimate of drug-likeness (QED) is 0.592. The molecule has 0 saturated carbocycles. The first kappa shape index (κ1) is 19.6. The van der Waals surface area contributed by atoms with Gasteiger partial charge in [0.25, 0.3) is 11.6 Å². The van der Waals surface area contributed by atoms with Crippen LogP contribution in [-0.2, 0) is 17.7 Å². The van der Waals surface area contributed by atoms with Crippen molar-refractivity contribution in [2.24, 2.45) is 0 Å². The van der Waals surface area contributed by atoms with Crippen molar-refractivity contribution in [2.75, 3.05) is 6.66 Å². The average Bonchev–Trinajstić information content (AvgIpc) is 2.96. The highest BCUT2D eigenvalue weighted by Gasteiger charge is 1.98. The third-order valence-corrected chi connectivity index (χ3v) is 2.64. The molecule has 21 heavy (non-hydrogen) atoms. The molecule has 0 atom stereocenters. The molecule has 2 aromatic heterocycles. The van der Waals surface area contributed by atoms with Crippen molar-refractivity contribution >= 4 is 7.60 Å². The van der Waals surface area contributed by atoms with E-state index in [9.17, 15) is 0 Å². The van der Waals surface area contributed by atoms with E-state index in [1.165, 1.54) is 11.6 Å². The van der Waals surface area contributed by atoms with Gasteiger partial charge >= 0.3 is 0 Å². The molecule has 0 bridgehead atoms. The molecule has 2 heterocycles. The number of H-pyrrole nitrogens is 2. The molecule has 0 fully saturated rings. The molecule has 0 radical (unpaired) electrons. The van der Waals surface area contributed by atoms with Gasteiger partial charge in [0.05, 0.1) is 13.1 Å². The van der Waals surface area contributed by atoms with Crippen LogP contribution in [0.3, 0.4) is 0 Å². The first-order valence-corrected chi connectivity index (χ1v) is 8.74. The van der Waals surface area contributed by atoms with Gasteiger partial charge in [-0.15, -0.1) is 0 Å². The van der Waals surface area contributed by atoms with Crippen LogP contribution in [0.25, 0.3) is 0 Å². The normalized spacial score (nSPS) is 10.2. The molecule has 0 unspecified atom stereocenters. The van der Waals surface area contributed by atoms with E-state index in [0.29, 0.717) is 6.66 Å². The standard InChI is InChI=1S/2C6H10N2.CH5O3P/c2*1-3-8-5-4-7-6(8)2;1-5(2,3)4/h2*4-5H,3H2,1-2H3;1H3,(H2,2,3,4). The summed E-state index contributed by atoms with van der Waals surface area (Å²) in [6.45, 7) is 11.1. The summed E-state index contributed by atoms with van der Waals surface area (Å²) in [6, 6.07) is 0. The van der Waals surface area contributed by atoms with Gasteiger partial charge in [0.15, 0.2) is 0 Å². The molecule has 0 spiro atoms. The van der Waals surface area contributed by atoms with Crippen molar-refractivity contribution in [3.63, 3.8) is 0 Å². The Balaban J connectivity index is 0.000000296. The maximum atomic E-state index is 9.10. The van der Waals surface area contributed by atoms with Crippen molar-refractivity contribution in [2.45, 2.75) is 40.8 Å². The Morgan fingerprint density at radius 2 is 1.29 bits per heavy atom. The van der Waals surface area contributed by atoms with E-state index in [2.05, 4.69) is 46.8 Å². The summed E-state index contributed by atoms with van der Waals surface area (Å²) in [4.78, 5) is 24.4. The molecule has 0 aromatic carbocycles. The van der Waals surface area contributed by atoms with E-state index < -0.39 is 7.60 Å². The van der Waals surface area contributed by atoms with Gasteiger partial charge in [0, 0.05) is 13.8 Å². The van der Waals surface area contributed by atoms with Crippen LogP contribution in [-0.4, -0.2) is 16.6 Å². The molecule has 120 valence electrons. The zero-order chi connectivity index (χ0) is 16.5. The lowest BCUT2D eigenvalue weighted by molar-refractivity contribution is -0.698. The predicted octanol–water partition coefficient (Wildman–Crippen LogP) is -0.209. The van der Waals surface area contributed by atoms with Gasteiger partial charge in [0.2, 0.25) is 0 Å². The molecule has 0 aliphatic rings. The van der Waals surface area contributed by atoms with Crippen LogP contribution >= 0.6 is 7.60 Å². The van der Waals surface area contributed by atoms with E-state index in [0.717, 1.165) is 13.1 Å². The van der Waals surface area contributed by atoms with Crippen molar-refractivity contribution in [1.29, 1.82) is 0 Å². The van der Waals surface area contributed by atoms with E-state index in [1.54, 1.807) is 0 Å².